The van der Waals surface area contributed by atoms with Crippen LogP contribution < -0.4 is 11.1 Å². The third-order valence-electron chi connectivity index (χ3n) is 2.64. The summed E-state index contributed by atoms with van der Waals surface area (Å²) in [4.78, 5) is 11.7. The molecule has 0 heterocycles. The van der Waals surface area contributed by atoms with E-state index in [-0.39, 0.29) is 16.5 Å². The van der Waals surface area contributed by atoms with Gasteiger partial charge in [0.25, 0.3) is 5.91 Å². The second-order valence-electron chi connectivity index (χ2n) is 4.09. The van der Waals surface area contributed by atoms with E-state index in [9.17, 15) is 13.4 Å². The van der Waals surface area contributed by atoms with Crippen LogP contribution in [-0.4, -0.2) is 28.2 Å². The molecule has 0 bridgehead atoms. The van der Waals surface area contributed by atoms with Crippen molar-refractivity contribution < 1.29 is 13.4 Å². The molecule has 2 atom stereocenters. The summed E-state index contributed by atoms with van der Waals surface area (Å²) < 4.78 is 24.5. The van der Waals surface area contributed by atoms with Crippen molar-refractivity contribution in [1.82, 2.24) is 5.32 Å². The monoisotopic (exact) mass is 272 g/mol. The topological polar surface area (TPSA) is 72.2 Å². The summed E-state index contributed by atoms with van der Waals surface area (Å²) in [5, 5.41) is 2.59. The molecule has 1 amide bonds. The van der Waals surface area contributed by atoms with Crippen LogP contribution in [0.3, 0.4) is 0 Å². The fourth-order valence-electron chi connectivity index (χ4n) is 1.37. The predicted molar refractivity (Wildman–Crippen MR) is 71.3 cm³/mol. The fraction of sp³-hybridized carbons (Fsp3) is 0.417. The van der Waals surface area contributed by atoms with Gasteiger partial charge in [-0.15, -0.1) is 0 Å². The quantitative estimate of drug-likeness (QED) is 0.793. The van der Waals surface area contributed by atoms with Gasteiger partial charge in [-0.3, -0.25) is 9.00 Å². The van der Waals surface area contributed by atoms with Crippen molar-refractivity contribution in [1.29, 1.82) is 0 Å². The van der Waals surface area contributed by atoms with Crippen LogP contribution >= 0.6 is 0 Å². The molecular weight excluding hydrogens is 255 g/mol. The van der Waals surface area contributed by atoms with Gasteiger partial charge in [0.15, 0.2) is 0 Å². The summed E-state index contributed by atoms with van der Waals surface area (Å²) in [7, 11) is -0.919. The number of hydrogen-bond donors (Lipinski definition) is 2. The molecule has 0 aliphatic rings. The molecule has 4 nitrogen and oxygen atoms in total. The Morgan fingerprint density at radius 3 is 2.78 bits per heavy atom. The van der Waals surface area contributed by atoms with Crippen LogP contribution in [0.5, 0.6) is 0 Å². The smallest absolute Gasteiger partial charge is 0.254 e. The van der Waals surface area contributed by atoms with Gasteiger partial charge in [-0.1, -0.05) is 6.92 Å². The third kappa shape index (κ3) is 4.10. The number of nitrogens with one attached hydrogen (secondary N) is 1. The largest absolute Gasteiger partial charge is 0.399 e. The van der Waals surface area contributed by atoms with Gasteiger partial charge in [0, 0.05) is 34.5 Å². The molecule has 1 rings (SSSR count). The van der Waals surface area contributed by atoms with E-state index in [1.807, 2.05) is 6.92 Å². The summed E-state index contributed by atoms with van der Waals surface area (Å²) >= 11 is 0. The lowest BCUT2D eigenvalue weighted by Crippen LogP contribution is -2.28. The molecule has 6 heteroatoms. The molecule has 1 aromatic rings. The molecular formula is C12H17FN2O2S. The lowest BCUT2D eigenvalue weighted by molar-refractivity contribution is 0.0949. The first-order chi connectivity index (χ1) is 8.41. The normalized spacial score (nSPS) is 13.9. The van der Waals surface area contributed by atoms with Gasteiger partial charge in [-0.05, 0) is 24.6 Å². The number of amides is 1. The number of halogens is 1. The highest BCUT2D eigenvalue weighted by molar-refractivity contribution is 7.84. The molecule has 0 saturated heterocycles. The van der Waals surface area contributed by atoms with E-state index in [0.717, 1.165) is 6.07 Å². The highest BCUT2D eigenvalue weighted by atomic mass is 32.2. The average Bonchev–Trinajstić information content (AvgIpc) is 2.28. The second-order valence-corrected chi connectivity index (χ2v) is 5.89. The standard InChI is InChI=1S/C12H17FN2O2S/c1-8(18(2)17)5-6-15-12(16)10-4-3-9(14)7-11(10)13/h3-4,7-8H,5-6,14H2,1-2H3,(H,15,16). The first-order valence-corrected chi connectivity index (χ1v) is 7.19. The lowest BCUT2D eigenvalue weighted by atomic mass is 10.2. The van der Waals surface area contributed by atoms with Gasteiger partial charge in [0.2, 0.25) is 0 Å². The van der Waals surface area contributed by atoms with Gasteiger partial charge in [-0.25, -0.2) is 4.39 Å². The molecule has 0 aliphatic heterocycles. The molecule has 0 saturated carbocycles. The highest BCUT2D eigenvalue weighted by Gasteiger charge is 2.12. The van der Waals surface area contributed by atoms with Crippen LogP contribution in [0.1, 0.15) is 23.7 Å². The second kappa shape index (κ2) is 6.49. The van der Waals surface area contributed by atoms with E-state index in [2.05, 4.69) is 5.32 Å². The molecule has 0 fully saturated rings. The number of hydrogen-bond acceptors (Lipinski definition) is 3. The number of nitrogens with two attached hydrogens (primary N) is 1. The van der Waals surface area contributed by atoms with Gasteiger partial charge < -0.3 is 11.1 Å². The number of carbonyl (C=O) groups is 1. The molecule has 0 aromatic heterocycles. The van der Waals surface area contributed by atoms with E-state index in [1.54, 1.807) is 6.26 Å². The molecule has 1 aromatic carbocycles. The molecule has 0 spiro atoms. The van der Waals surface area contributed by atoms with E-state index in [1.165, 1.54) is 12.1 Å². The van der Waals surface area contributed by atoms with Crippen LogP contribution in [-0.2, 0) is 10.8 Å². The zero-order valence-corrected chi connectivity index (χ0v) is 11.2. The van der Waals surface area contributed by atoms with Crippen molar-refractivity contribution >= 4 is 22.4 Å². The van der Waals surface area contributed by atoms with E-state index >= 15 is 0 Å². The van der Waals surface area contributed by atoms with Crippen LogP contribution in [0, 0.1) is 5.82 Å². The minimum absolute atomic E-state index is 0.00145. The van der Waals surface area contributed by atoms with Crippen molar-refractivity contribution in [3.8, 4) is 0 Å². The fourth-order valence-corrected chi connectivity index (χ4v) is 1.82. The molecule has 3 N–H and O–H groups in total. The van der Waals surface area contributed by atoms with Gasteiger partial charge in [0.05, 0.1) is 5.56 Å². The Balaban J connectivity index is 2.53. The molecule has 100 valence electrons. The SMILES string of the molecule is CC(CCNC(=O)c1ccc(N)cc1F)S(C)=O. The highest BCUT2D eigenvalue weighted by Crippen LogP contribution is 2.11. The van der Waals surface area contributed by atoms with Gasteiger partial charge in [-0.2, -0.15) is 0 Å². The number of rotatable bonds is 5. The summed E-state index contributed by atoms with van der Waals surface area (Å²) in [6.07, 6.45) is 2.21. The zero-order valence-electron chi connectivity index (χ0n) is 10.4. The van der Waals surface area contributed by atoms with Crippen LogP contribution in [0.4, 0.5) is 10.1 Å². The van der Waals surface area contributed by atoms with Crippen LogP contribution in [0.15, 0.2) is 18.2 Å². The Morgan fingerprint density at radius 2 is 2.22 bits per heavy atom. The number of nitrogen functional groups attached to an aromatic ring is 1. The van der Waals surface area contributed by atoms with Crippen molar-refractivity contribution in [2.45, 2.75) is 18.6 Å². The Kier molecular flexibility index (Phi) is 5.27. The maximum Gasteiger partial charge on any atom is 0.254 e. The molecule has 0 aliphatic carbocycles. The van der Waals surface area contributed by atoms with Gasteiger partial charge >= 0.3 is 0 Å². The Labute approximate surface area is 108 Å². The zero-order chi connectivity index (χ0) is 13.7. The minimum atomic E-state index is -0.919. The minimum Gasteiger partial charge on any atom is -0.399 e. The summed E-state index contributed by atoms with van der Waals surface area (Å²) in [6, 6.07) is 3.93. The third-order valence-corrected chi connectivity index (χ3v) is 4.01. The average molecular weight is 272 g/mol. The first-order valence-electron chi connectivity index (χ1n) is 5.57. The summed E-state index contributed by atoms with van der Waals surface area (Å²) in [5.74, 6) is -1.12. The Morgan fingerprint density at radius 1 is 1.56 bits per heavy atom. The Hall–Kier alpha value is -1.43. The molecule has 2 unspecified atom stereocenters. The maximum atomic E-state index is 13.4. The van der Waals surface area contributed by atoms with Crippen LogP contribution in [0.2, 0.25) is 0 Å². The number of carbonyl (C=O) groups excluding carboxylic acids is 1. The van der Waals surface area contributed by atoms with Crippen molar-refractivity contribution in [3.63, 3.8) is 0 Å². The van der Waals surface area contributed by atoms with Crippen molar-refractivity contribution in [2.75, 3.05) is 18.5 Å². The first kappa shape index (κ1) is 14.6. The van der Waals surface area contributed by atoms with E-state index in [0.29, 0.717) is 13.0 Å². The van der Waals surface area contributed by atoms with E-state index < -0.39 is 22.5 Å². The van der Waals surface area contributed by atoms with E-state index in [4.69, 9.17) is 5.73 Å². The van der Waals surface area contributed by atoms with Crippen molar-refractivity contribution in [2.24, 2.45) is 0 Å². The van der Waals surface area contributed by atoms with Crippen molar-refractivity contribution in [3.05, 3.63) is 29.6 Å². The summed E-state index contributed by atoms with van der Waals surface area (Å²) in [5.41, 5.74) is 5.64. The predicted octanol–water partition coefficient (Wildman–Crippen LogP) is 1.29. The van der Waals surface area contributed by atoms with Crippen LogP contribution in [0.25, 0.3) is 0 Å². The maximum absolute atomic E-state index is 13.4. The Bertz CT molecular complexity index is 465. The molecule has 0 radical (unpaired) electrons. The molecule has 18 heavy (non-hydrogen) atoms. The van der Waals surface area contributed by atoms with Gasteiger partial charge in [0.1, 0.15) is 5.82 Å². The lowest BCUT2D eigenvalue weighted by Gasteiger charge is -2.09. The number of benzene rings is 1. The number of anilines is 1. The summed E-state index contributed by atoms with van der Waals surface area (Å²) in [6.45, 7) is 2.20.